The van der Waals surface area contributed by atoms with Crippen LogP contribution < -0.4 is 5.73 Å². The summed E-state index contributed by atoms with van der Waals surface area (Å²) in [6, 6.07) is 0.425. The second-order valence-corrected chi connectivity index (χ2v) is 5.96. The van der Waals surface area contributed by atoms with E-state index < -0.39 is 11.5 Å². The van der Waals surface area contributed by atoms with Gasteiger partial charge in [0, 0.05) is 19.7 Å². The monoisotopic (exact) mass is 284 g/mol. The number of nitrogens with two attached hydrogens (primary N) is 1. The topological polar surface area (TPSA) is 75.8 Å². The molecule has 0 saturated carbocycles. The molecule has 3 N–H and O–H groups in total. The number of carboxylic acid groups (broad SMARTS) is 1. The fourth-order valence-corrected chi connectivity index (χ4v) is 2.94. The maximum atomic E-state index is 11.5. The lowest BCUT2D eigenvalue weighted by molar-refractivity contribution is -0.144. The van der Waals surface area contributed by atoms with E-state index in [0.717, 1.165) is 51.7 Å². The quantitative estimate of drug-likeness (QED) is 0.451. The van der Waals surface area contributed by atoms with Crippen LogP contribution in [0, 0.1) is 0 Å². The molecule has 116 valence electrons. The average molecular weight is 284 g/mol. The van der Waals surface area contributed by atoms with Crippen LogP contribution in [0.1, 0.15) is 38.5 Å². The van der Waals surface area contributed by atoms with Crippen molar-refractivity contribution in [3.8, 4) is 0 Å². The third kappa shape index (κ3) is 5.07. The fraction of sp³-hybridized carbons (Fsp3) is 0.929. The van der Waals surface area contributed by atoms with Crippen molar-refractivity contribution in [1.29, 1.82) is 0 Å². The van der Waals surface area contributed by atoms with E-state index in [0.29, 0.717) is 18.9 Å². The molecule has 1 heterocycles. The highest BCUT2D eigenvalue weighted by Gasteiger charge is 2.35. The van der Waals surface area contributed by atoms with E-state index >= 15 is 0 Å². The number of hydrogen-bond acceptors (Lipinski definition) is 4. The summed E-state index contributed by atoms with van der Waals surface area (Å²) >= 11 is 0. The Hall–Kier alpha value is -0.585. The van der Waals surface area contributed by atoms with Crippen LogP contribution in [0.15, 0.2) is 0 Å². The van der Waals surface area contributed by atoms with Crippen LogP contribution >= 0.6 is 0 Å². The molecule has 0 aromatic carbocycles. The Morgan fingerprint density at radius 3 is 2.85 bits per heavy atom. The summed E-state index contributed by atoms with van der Waals surface area (Å²) in [6.45, 7) is 2.50. The van der Waals surface area contributed by atoms with Gasteiger partial charge in [-0.05, 0) is 32.2 Å². The number of aliphatic carboxylic acids is 1. The van der Waals surface area contributed by atoms with E-state index in [4.69, 9.17) is 10.5 Å². The highest BCUT2D eigenvalue weighted by molar-refractivity contribution is 6.08. The third-order valence-corrected chi connectivity index (χ3v) is 4.36. The number of methoxy groups -OCH3 is 1. The minimum atomic E-state index is -1.07. The van der Waals surface area contributed by atoms with Gasteiger partial charge in [0.05, 0.1) is 6.61 Å². The molecule has 1 aliphatic rings. The minimum absolute atomic E-state index is 0.425. The van der Waals surface area contributed by atoms with Crippen LogP contribution in [-0.2, 0) is 9.53 Å². The van der Waals surface area contributed by atoms with Gasteiger partial charge in [-0.15, -0.1) is 0 Å². The first-order chi connectivity index (χ1) is 9.53. The number of rotatable bonds is 10. The molecule has 0 radical (unpaired) electrons. The summed E-state index contributed by atoms with van der Waals surface area (Å²) < 4.78 is 5.23. The van der Waals surface area contributed by atoms with Crippen LogP contribution in [-0.4, -0.2) is 62.2 Å². The van der Waals surface area contributed by atoms with Crippen molar-refractivity contribution in [2.24, 2.45) is 5.73 Å². The van der Waals surface area contributed by atoms with Crippen molar-refractivity contribution in [2.45, 2.75) is 56.4 Å². The number of likely N-dealkylation sites (tertiary alicyclic amines) is 1. The van der Waals surface area contributed by atoms with Crippen LogP contribution in [0.4, 0.5) is 0 Å². The molecule has 1 saturated heterocycles. The lowest BCUT2D eigenvalue weighted by Gasteiger charge is -2.30. The summed E-state index contributed by atoms with van der Waals surface area (Å²) in [5.74, 6) is -0.865. The van der Waals surface area contributed by atoms with Gasteiger partial charge >= 0.3 is 5.97 Å². The smallest absolute Gasteiger partial charge is 0.323 e. The second kappa shape index (κ2) is 8.65. The molecule has 0 amide bonds. The van der Waals surface area contributed by atoms with Gasteiger partial charge < -0.3 is 15.6 Å². The van der Waals surface area contributed by atoms with Gasteiger partial charge in [0.1, 0.15) is 13.4 Å². The molecule has 1 rings (SSSR count). The molecule has 1 unspecified atom stereocenters. The van der Waals surface area contributed by atoms with E-state index in [-0.39, 0.29) is 0 Å². The number of ether oxygens (including phenoxy) is 1. The molecule has 2 atom stereocenters. The molecule has 20 heavy (non-hydrogen) atoms. The Labute approximate surface area is 123 Å². The summed E-state index contributed by atoms with van der Waals surface area (Å²) in [5, 5.41) is 9.41. The van der Waals surface area contributed by atoms with Crippen LogP contribution in [0.2, 0.25) is 6.32 Å². The molecule has 1 fully saturated rings. The number of carboxylic acids is 1. The van der Waals surface area contributed by atoms with Crippen molar-refractivity contribution in [2.75, 3.05) is 26.8 Å². The van der Waals surface area contributed by atoms with E-state index in [1.54, 1.807) is 7.11 Å². The first-order valence-electron chi connectivity index (χ1n) is 7.78. The van der Waals surface area contributed by atoms with Crippen LogP contribution in [0.3, 0.4) is 0 Å². The normalized spacial score (nSPS) is 22.8. The van der Waals surface area contributed by atoms with Gasteiger partial charge in [-0.2, -0.15) is 0 Å². The first kappa shape index (κ1) is 17.5. The summed E-state index contributed by atoms with van der Waals surface area (Å²) in [5.41, 5.74) is 5.05. The highest BCUT2D eigenvalue weighted by Crippen LogP contribution is 2.22. The zero-order valence-electron chi connectivity index (χ0n) is 12.9. The molecule has 1 aliphatic heterocycles. The van der Waals surface area contributed by atoms with Crippen molar-refractivity contribution in [3.63, 3.8) is 0 Å². The molecule has 0 aromatic heterocycles. The maximum absolute atomic E-state index is 11.5. The van der Waals surface area contributed by atoms with Crippen molar-refractivity contribution in [3.05, 3.63) is 0 Å². The van der Waals surface area contributed by atoms with Gasteiger partial charge in [0.25, 0.3) is 0 Å². The Balaban J connectivity index is 2.47. The Morgan fingerprint density at radius 2 is 2.25 bits per heavy atom. The number of carbonyl (C=O) groups is 1. The summed E-state index contributed by atoms with van der Waals surface area (Å²) in [6.07, 6.45) is 6.40. The highest BCUT2D eigenvalue weighted by atomic mass is 16.5. The standard InChI is InChI=1S/C14H29BN2O3/c1-20-11-12-5-4-9-17(12)10-7-14(16,13(18)19)6-2-3-8-15/h12H,2-11,15-16H2,1H3,(H,18,19)/t12-,14?/m0/s1. The number of nitrogens with zero attached hydrogens (tertiary/aromatic N) is 1. The van der Waals surface area contributed by atoms with Crippen molar-refractivity contribution >= 4 is 13.8 Å². The van der Waals surface area contributed by atoms with Gasteiger partial charge in [-0.1, -0.05) is 19.2 Å². The van der Waals surface area contributed by atoms with E-state index in [9.17, 15) is 9.90 Å². The summed E-state index contributed by atoms with van der Waals surface area (Å²) in [7, 11) is 3.82. The second-order valence-electron chi connectivity index (χ2n) is 5.96. The van der Waals surface area contributed by atoms with E-state index in [1.807, 2.05) is 0 Å². The van der Waals surface area contributed by atoms with Crippen LogP contribution in [0.5, 0.6) is 0 Å². The zero-order chi connectivity index (χ0) is 15.0. The Kier molecular flexibility index (Phi) is 7.55. The fourth-order valence-electron chi connectivity index (χ4n) is 2.94. The molecule has 5 nitrogen and oxygen atoms in total. The van der Waals surface area contributed by atoms with E-state index in [2.05, 4.69) is 12.7 Å². The predicted octanol–water partition coefficient (Wildman–Crippen LogP) is 0.491. The molecular weight excluding hydrogens is 255 g/mol. The third-order valence-electron chi connectivity index (χ3n) is 4.36. The SMILES string of the molecule is BCCCCC(N)(CCN1CCC[C@H]1COC)C(=O)O. The van der Waals surface area contributed by atoms with Gasteiger partial charge in [-0.25, -0.2) is 0 Å². The predicted molar refractivity (Wildman–Crippen MR) is 82.8 cm³/mol. The average Bonchev–Trinajstić information content (AvgIpc) is 2.84. The lowest BCUT2D eigenvalue weighted by atomic mass is 9.88. The van der Waals surface area contributed by atoms with E-state index in [1.165, 1.54) is 0 Å². The molecular formula is C14H29BN2O3. The van der Waals surface area contributed by atoms with Crippen molar-refractivity contribution < 1.29 is 14.6 Å². The van der Waals surface area contributed by atoms with Gasteiger partial charge in [0.2, 0.25) is 0 Å². The summed E-state index contributed by atoms with van der Waals surface area (Å²) in [4.78, 5) is 13.8. The van der Waals surface area contributed by atoms with Gasteiger partial charge in [-0.3, -0.25) is 9.69 Å². The first-order valence-corrected chi connectivity index (χ1v) is 7.78. The van der Waals surface area contributed by atoms with Crippen LogP contribution in [0.25, 0.3) is 0 Å². The number of unbranched alkanes of at least 4 members (excludes halogenated alkanes) is 1. The molecule has 0 spiro atoms. The molecule has 0 aliphatic carbocycles. The maximum Gasteiger partial charge on any atom is 0.323 e. The molecule has 0 aromatic rings. The Morgan fingerprint density at radius 1 is 1.50 bits per heavy atom. The van der Waals surface area contributed by atoms with Crippen molar-refractivity contribution in [1.82, 2.24) is 4.90 Å². The molecule has 0 bridgehead atoms. The molecule has 6 heteroatoms. The lowest BCUT2D eigenvalue weighted by Crippen LogP contribution is -2.50. The largest absolute Gasteiger partial charge is 0.480 e. The van der Waals surface area contributed by atoms with Gasteiger partial charge in [0.15, 0.2) is 0 Å². The Bertz CT molecular complexity index is 304. The number of hydrogen-bond donors (Lipinski definition) is 2. The minimum Gasteiger partial charge on any atom is -0.480 e. The zero-order valence-corrected chi connectivity index (χ0v) is 12.9.